The van der Waals surface area contributed by atoms with Gasteiger partial charge in [-0.3, -0.25) is 4.99 Å². The van der Waals surface area contributed by atoms with Gasteiger partial charge in [0.1, 0.15) is 0 Å². The van der Waals surface area contributed by atoms with Gasteiger partial charge < -0.3 is 20.1 Å². The zero-order valence-electron chi connectivity index (χ0n) is 14.8. The summed E-state index contributed by atoms with van der Waals surface area (Å²) < 4.78 is 18.9. The van der Waals surface area contributed by atoms with Crippen LogP contribution in [0.2, 0.25) is 0 Å². The second kappa shape index (κ2) is 9.64. The molecule has 0 bridgehead atoms. The van der Waals surface area contributed by atoms with Gasteiger partial charge in [-0.1, -0.05) is 5.16 Å². The third kappa shape index (κ3) is 5.26. The van der Waals surface area contributed by atoms with Gasteiger partial charge in [-0.15, -0.1) is 24.0 Å². The molecule has 1 fully saturated rings. The molecule has 10 heteroatoms. The molecule has 3 rings (SSSR count). The van der Waals surface area contributed by atoms with Crippen molar-refractivity contribution in [1.82, 2.24) is 25.8 Å². The molecule has 1 saturated heterocycles. The van der Waals surface area contributed by atoms with E-state index in [0.717, 1.165) is 13.0 Å². The molecule has 2 aromatic rings. The summed E-state index contributed by atoms with van der Waals surface area (Å²) in [5, 5.41) is 10.3. The van der Waals surface area contributed by atoms with Crippen LogP contribution in [0.4, 0.5) is 10.2 Å². The van der Waals surface area contributed by atoms with Crippen LogP contribution < -0.4 is 15.5 Å². The third-order valence-corrected chi connectivity index (χ3v) is 3.99. The molecule has 0 saturated carbocycles. The Bertz CT molecular complexity index is 739. The molecule has 2 aromatic heterocycles. The molecule has 1 aliphatic rings. The summed E-state index contributed by atoms with van der Waals surface area (Å²) in [6.07, 6.45) is 3.12. The second-order valence-electron chi connectivity index (χ2n) is 5.87. The van der Waals surface area contributed by atoms with Gasteiger partial charge in [-0.2, -0.15) is 4.98 Å². The maximum Gasteiger partial charge on any atom is 0.228 e. The van der Waals surface area contributed by atoms with Crippen LogP contribution in [0.5, 0.6) is 0 Å². The van der Waals surface area contributed by atoms with Crippen molar-refractivity contribution in [3.05, 3.63) is 35.9 Å². The highest BCUT2D eigenvalue weighted by Crippen LogP contribution is 2.20. The number of hydrogen-bond acceptors (Lipinski definition) is 6. The molecule has 142 valence electrons. The van der Waals surface area contributed by atoms with Crippen molar-refractivity contribution in [1.29, 1.82) is 0 Å². The van der Waals surface area contributed by atoms with E-state index in [-0.39, 0.29) is 35.8 Å². The number of aromatic nitrogens is 3. The van der Waals surface area contributed by atoms with Gasteiger partial charge in [0.25, 0.3) is 0 Å². The van der Waals surface area contributed by atoms with Crippen LogP contribution >= 0.6 is 24.0 Å². The number of aryl methyl sites for hydroxylation is 1. The van der Waals surface area contributed by atoms with Crippen LogP contribution in [0.15, 0.2) is 27.8 Å². The predicted molar refractivity (Wildman–Crippen MR) is 107 cm³/mol. The van der Waals surface area contributed by atoms with E-state index in [2.05, 4.69) is 30.8 Å². The number of aliphatic imine (C=N–C) groups is 1. The molecule has 3 heterocycles. The molecule has 1 unspecified atom stereocenters. The fourth-order valence-corrected chi connectivity index (χ4v) is 2.80. The Morgan fingerprint density at radius 3 is 3.04 bits per heavy atom. The highest BCUT2D eigenvalue weighted by Gasteiger charge is 2.25. The first-order chi connectivity index (χ1) is 12.2. The minimum Gasteiger partial charge on any atom is -0.356 e. The molecular formula is C16H23FIN7O. The SMILES string of the molecule is CN=C(NCCc1nc(C)no1)NC1CCN(c2ncccc2F)C1.I. The zero-order valence-corrected chi connectivity index (χ0v) is 17.1. The van der Waals surface area contributed by atoms with Crippen LogP contribution in [-0.4, -0.2) is 53.8 Å². The molecule has 2 N–H and O–H groups in total. The molecule has 0 aliphatic carbocycles. The Morgan fingerprint density at radius 2 is 2.35 bits per heavy atom. The predicted octanol–water partition coefficient (Wildman–Crippen LogP) is 1.52. The Kier molecular flexibility index (Phi) is 7.54. The van der Waals surface area contributed by atoms with E-state index in [4.69, 9.17) is 4.52 Å². The maximum atomic E-state index is 13.8. The van der Waals surface area contributed by atoms with E-state index >= 15 is 0 Å². The summed E-state index contributed by atoms with van der Waals surface area (Å²) in [5.74, 6) is 2.04. The molecule has 1 aliphatic heterocycles. The molecule has 0 spiro atoms. The summed E-state index contributed by atoms with van der Waals surface area (Å²) in [6, 6.07) is 3.21. The van der Waals surface area contributed by atoms with E-state index < -0.39 is 0 Å². The van der Waals surface area contributed by atoms with Gasteiger partial charge in [0.2, 0.25) is 5.89 Å². The first kappa shape index (κ1) is 20.3. The average molecular weight is 475 g/mol. The fraction of sp³-hybridized carbons (Fsp3) is 0.500. The highest BCUT2D eigenvalue weighted by molar-refractivity contribution is 14.0. The number of halogens is 2. The second-order valence-corrected chi connectivity index (χ2v) is 5.87. The molecule has 26 heavy (non-hydrogen) atoms. The summed E-state index contributed by atoms with van der Waals surface area (Å²) in [6.45, 7) is 3.85. The largest absolute Gasteiger partial charge is 0.356 e. The van der Waals surface area contributed by atoms with Crippen LogP contribution in [0.1, 0.15) is 18.1 Å². The van der Waals surface area contributed by atoms with Gasteiger partial charge in [-0.05, 0) is 25.5 Å². The third-order valence-electron chi connectivity index (χ3n) is 3.99. The Hall–Kier alpha value is -1.98. The molecule has 0 aromatic carbocycles. The Labute approximate surface area is 168 Å². The lowest BCUT2D eigenvalue weighted by Gasteiger charge is -2.19. The number of hydrogen-bond donors (Lipinski definition) is 2. The topological polar surface area (TPSA) is 91.5 Å². The first-order valence-corrected chi connectivity index (χ1v) is 8.27. The monoisotopic (exact) mass is 475 g/mol. The standard InChI is InChI=1S/C16H22FN7O.HI/c1-11-21-14(25-23-11)5-8-20-16(18-2)22-12-6-9-24(10-12)15-13(17)4-3-7-19-15;/h3-4,7,12H,5-6,8-10H2,1-2H3,(H2,18,20,22);1H. The van der Waals surface area contributed by atoms with Crippen molar-refractivity contribution in [3.63, 3.8) is 0 Å². The maximum absolute atomic E-state index is 13.8. The Balaban J connectivity index is 0.00000243. The average Bonchev–Trinajstić information content (AvgIpc) is 3.23. The molecule has 0 radical (unpaired) electrons. The van der Waals surface area contributed by atoms with Gasteiger partial charge >= 0.3 is 0 Å². The van der Waals surface area contributed by atoms with Crippen LogP contribution in [0, 0.1) is 12.7 Å². The van der Waals surface area contributed by atoms with Crippen molar-refractivity contribution in [3.8, 4) is 0 Å². The van der Waals surface area contributed by atoms with Crippen molar-refractivity contribution in [2.24, 2.45) is 4.99 Å². The highest BCUT2D eigenvalue weighted by atomic mass is 127. The number of pyridine rings is 1. The quantitative estimate of drug-likeness (QED) is 0.385. The van der Waals surface area contributed by atoms with Gasteiger partial charge in [0.15, 0.2) is 23.4 Å². The minimum absolute atomic E-state index is 0. The number of rotatable bonds is 5. The molecular weight excluding hydrogens is 452 g/mol. The lowest BCUT2D eigenvalue weighted by Crippen LogP contribution is -2.45. The van der Waals surface area contributed by atoms with Crippen molar-refractivity contribution < 1.29 is 8.91 Å². The smallest absolute Gasteiger partial charge is 0.228 e. The van der Waals surface area contributed by atoms with E-state index in [1.54, 1.807) is 26.2 Å². The number of guanidine groups is 1. The molecule has 1 atom stereocenters. The summed E-state index contributed by atoms with van der Waals surface area (Å²) >= 11 is 0. The summed E-state index contributed by atoms with van der Waals surface area (Å²) in [7, 11) is 1.72. The lowest BCUT2D eigenvalue weighted by molar-refractivity contribution is 0.374. The first-order valence-electron chi connectivity index (χ1n) is 8.27. The lowest BCUT2D eigenvalue weighted by atomic mass is 10.3. The van der Waals surface area contributed by atoms with Crippen LogP contribution in [0.3, 0.4) is 0 Å². The van der Waals surface area contributed by atoms with Gasteiger partial charge in [0, 0.05) is 45.3 Å². The minimum atomic E-state index is -0.291. The van der Waals surface area contributed by atoms with Crippen molar-refractivity contribution >= 4 is 35.8 Å². The number of anilines is 1. The fourth-order valence-electron chi connectivity index (χ4n) is 2.80. The van der Waals surface area contributed by atoms with Crippen LogP contribution in [0.25, 0.3) is 0 Å². The van der Waals surface area contributed by atoms with Crippen LogP contribution in [-0.2, 0) is 6.42 Å². The number of nitrogens with zero attached hydrogens (tertiary/aromatic N) is 5. The van der Waals surface area contributed by atoms with Crippen molar-refractivity contribution in [2.75, 3.05) is 31.6 Å². The van der Waals surface area contributed by atoms with Gasteiger partial charge in [0.05, 0.1) is 0 Å². The molecule has 8 nitrogen and oxygen atoms in total. The van der Waals surface area contributed by atoms with Crippen molar-refractivity contribution in [2.45, 2.75) is 25.8 Å². The van der Waals surface area contributed by atoms with Gasteiger partial charge in [-0.25, -0.2) is 9.37 Å². The zero-order chi connectivity index (χ0) is 17.6. The normalized spacial score (nSPS) is 17.1. The van der Waals surface area contributed by atoms with E-state index in [9.17, 15) is 4.39 Å². The van der Waals surface area contributed by atoms with E-state index in [1.165, 1.54) is 6.07 Å². The van der Waals surface area contributed by atoms with E-state index in [0.29, 0.717) is 43.0 Å². The van der Waals surface area contributed by atoms with E-state index in [1.807, 2.05) is 4.90 Å². The number of nitrogens with one attached hydrogen (secondary N) is 2. The molecule has 0 amide bonds. The summed E-state index contributed by atoms with van der Waals surface area (Å²) in [5.41, 5.74) is 0. The Morgan fingerprint density at radius 1 is 1.50 bits per heavy atom. The summed E-state index contributed by atoms with van der Waals surface area (Å²) in [4.78, 5) is 14.5.